The molecule has 0 saturated heterocycles. The molecule has 0 amide bonds. The molecule has 10 atom stereocenters. The lowest BCUT2D eigenvalue weighted by molar-refractivity contribution is -0.267. The Morgan fingerprint density at radius 1 is 1.00 bits per heavy atom. The molecule has 5 rings (SSSR count). The number of allylic oxidation sites excluding steroid dienone is 1. The van der Waals surface area contributed by atoms with Crippen molar-refractivity contribution >= 4 is 5.97 Å². The van der Waals surface area contributed by atoms with Gasteiger partial charge in [-0.15, -0.1) is 0 Å². The molecule has 38 heavy (non-hydrogen) atoms. The summed E-state index contributed by atoms with van der Waals surface area (Å²) >= 11 is 0. The van der Waals surface area contributed by atoms with Crippen LogP contribution in [-0.2, 0) is 14.3 Å². The quantitative estimate of drug-likeness (QED) is 0.301. The average molecular weight is 529 g/mol. The van der Waals surface area contributed by atoms with E-state index in [0.717, 1.165) is 12.8 Å². The zero-order valence-corrected chi connectivity index (χ0v) is 26.1. The van der Waals surface area contributed by atoms with Gasteiger partial charge in [0.2, 0.25) is 0 Å². The van der Waals surface area contributed by atoms with Crippen LogP contribution in [-0.4, -0.2) is 36.0 Å². The lowest BCUT2D eigenvalue weighted by atomic mass is 9.33. The van der Waals surface area contributed by atoms with Crippen LogP contribution in [0.2, 0.25) is 0 Å². The highest BCUT2D eigenvalue weighted by Gasteiger charge is 2.72. The average Bonchev–Trinajstić information content (AvgIpc) is 2.80. The van der Waals surface area contributed by atoms with Crippen molar-refractivity contribution < 1.29 is 19.4 Å². The summed E-state index contributed by atoms with van der Waals surface area (Å²) in [7, 11) is 0. The van der Waals surface area contributed by atoms with Crippen molar-refractivity contribution in [2.75, 3.05) is 6.61 Å². The summed E-state index contributed by atoms with van der Waals surface area (Å²) in [5, 5.41) is 12.0. The molecule has 0 unspecified atom stereocenters. The highest BCUT2D eigenvalue weighted by Crippen LogP contribution is 2.76. The molecule has 0 aromatic carbocycles. The zero-order chi connectivity index (χ0) is 28.1. The maximum Gasteiger partial charge on any atom is 0.302 e. The molecule has 4 saturated carbocycles. The number of aliphatic hydroxyl groups is 1. The molecule has 0 spiro atoms. The number of hydrogen-bond donors (Lipinski definition) is 1. The Bertz CT molecular complexity index is 996. The summed E-state index contributed by atoms with van der Waals surface area (Å²) in [6, 6.07) is 0. The van der Waals surface area contributed by atoms with Crippen molar-refractivity contribution in [2.24, 2.45) is 50.2 Å². The van der Waals surface area contributed by atoms with E-state index in [4.69, 9.17) is 9.47 Å². The van der Waals surface area contributed by atoms with E-state index in [1.54, 1.807) is 5.57 Å². The van der Waals surface area contributed by atoms with Crippen molar-refractivity contribution in [3.8, 4) is 0 Å². The Morgan fingerprint density at radius 2 is 1.66 bits per heavy atom. The molecule has 0 bridgehead atoms. The third-order valence-corrected chi connectivity index (χ3v) is 13.7. The predicted octanol–water partition coefficient (Wildman–Crippen LogP) is 7.73. The summed E-state index contributed by atoms with van der Waals surface area (Å²) in [4.78, 5) is 12.0. The standard InChI is InChI=1S/C34H56O4/c1-11-37-24-18-22-23-20-29(3,4)14-15-31(23,7)16-17-32(22,8)33(9)13-12-25-30(5,6)27(38-21(2)35)19-26(36)34(25,10)28(24)33/h18,23-28,36H,11-17,19-20H2,1-10H3/t23-,24+,25-,26+,27-,28-,31+,32+,33+,34+/m0/s1. The fourth-order valence-electron chi connectivity index (χ4n) is 11.2. The van der Waals surface area contributed by atoms with E-state index in [1.807, 2.05) is 0 Å². The molecule has 0 aliphatic heterocycles. The predicted molar refractivity (Wildman–Crippen MR) is 152 cm³/mol. The molecule has 0 aromatic heterocycles. The molecular weight excluding hydrogens is 472 g/mol. The molecule has 5 aliphatic carbocycles. The van der Waals surface area contributed by atoms with E-state index in [-0.39, 0.29) is 51.7 Å². The van der Waals surface area contributed by atoms with Crippen LogP contribution in [0.3, 0.4) is 0 Å². The van der Waals surface area contributed by atoms with E-state index in [2.05, 4.69) is 68.4 Å². The van der Waals surface area contributed by atoms with E-state index < -0.39 is 6.10 Å². The lowest BCUT2D eigenvalue weighted by Gasteiger charge is -2.73. The van der Waals surface area contributed by atoms with Crippen molar-refractivity contribution in [1.29, 1.82) is 0 Å². The summed E-state index contributed by atoms with van der Waals surface area (Å²) < 4.78 is 12.6. The minimum absolute atomic E-state index is 0.00369. The van der Waals surface area contributed by atoms with Crippen molar-refractivity contribution in [1.82, 2.24) is 0 Å². The fraction of sp³-hybridized carbons (Fsp3) is 0.912. The third-order valence-electron chi connectivity index (χ3n) is 13.7. The number of aliphatic hydroxyl groups excluding tert-OH is 1. The van der Waals surface area contributed by atoms with E-state index in [1.165, 1.54) is 39.0 Å². The van der Waals surface area contributed by atoms with Gasteiger partial charge in [-0.25, -0.2) is 0 Å². The molecule has 0 heterocycles. The van der Waals surface area contributed by atoms with Crippen LogP contribution >= 0.6 is 0 Å². The van der Waals surface area contributed by atoms with E-state index in [0.29, 0.717) is 29.8 Å². The molecule has 4 nitrogen and oxygen atoms in total. The third kappa shape index (κ3) is 3.77. The molecule has 5 aliphatic rings. The molecule has 4 heteroatoms. The van der Waals surface area contributed by atoms with Gasteiger partial charge < -0.3 is 14.6 Å². The minimum Gasteiger partial charge on any atom is -0.462 e. The van der Waals surface area contributed by atoms with Gasteiger partial charge in [0.15, 0.2) is 0 Å². The smallest absolute Gasteiger partial charge is 0.302 e. The van der Waals surface area contributed by atoms with E-state index >= 15 is 0 Å². The minimum atomic E-state index is -0.529. The summed E-state index contributed by atoms with van der Waals surface area (Å²) in [5.41, 5.74) is 2.06. The normalized spacial score (nSPS) is 51.0. The summed E-state index contributed by atoms with van der Waals surface area (Å²) in [6.07, 6.45) is 10.9. The van der Waals surface area contributed by atoms with Gasteiger partial charge in [-0.1, -0.05) is 67.0 Å². The number of carbonyl (C=O) groups excluding carboxylic acids is 1. The van der Waals surface area contributed by atoms with Crippen molar-refractivity contribution in [2.45, 2.75) is 139 Å². The molecule has 0 radical (unpaired) electrons. The Morgan fingerprint density at radius 3 is 2.29 bits per heavy atom. The largest absolute Gasteiger partial charge is 0.462 e. The molecular formula is C34H56O4. The number of carbonyl (C=O) groups is 1. The molecule has 1 N–H and O–H groups in total. The maximum absolute atomic E-state index is 12.0. The topological polar surface area (TPSA) is 55.8 Å². The molecule has 0 aromatic rings. The Kier molecular flexibility index (Phi) is 6.64. The Labute approximate surface area is 232 Å². The van der Waals surface area contributed by atoms with Crippen LogP contribution in [0.25, 0.3) is 0 Å². The Balaban J connectivity index is 1.65. The van der Waals surface area contributed by atoms with Gasteiger partial charge in [-0.05, 0) is 85.4 Å². The van der Waals surface area contributed by atoms with Gasteiger partial charge in [0.25, 0.3) is 0 Å². The number of ether oxygens (including phenoxy) is 2. The van der Waals surface area contributed by atoms with Crippen LogP contribution in [0.4, 0.5) is 0 Å². The highest BCUT2D eigenvalue weighted by molar-refractivity contribution is 5.66. The van der Waals surface area contributed by atoms with Crippen LogP contribution < -0.4 is 0 Å². The van der Waals surface area contributed by atoms with Crippen LogP contribution in [0.5, 0.6) is 0 Å². The Hall–Kier alpha value is -0.870. The summed E-state index contributed by atoms with van der Waals surface area (Å²) in [6.45, 7) is 23.9. The lowest BCUT2D eigenvalue weighted by Crippen LogP contribution is -2.71. The van der Waals surface area contributed by atoms with Crippen molar-refractivity contribution in [3.63, 3.8) is 0 Å². The molecule has 4 fully saturated rings. The fourth-order valence-corrected chi connectivity index (χ4v) is 11.2. The number of rotatable bonds is 3. The van der Waals surface area contributed by atoms with Crippen molar-refractivity contribution in [3.05, 3.63) is 11.6 Å². The number of hydrogen-bond acceptors (Lipinski definition) is 4. The summed E-state index contributed by atoms with van der Waals surface area (Å²) in [5.74, 6) is 0.837. The monoisotopic (exact) mass is 528 g/mol. The second-order valence-electron chi connectivity index (χ2n) is 16.5. The van der Waals surface area contributed by atoms with Crippen LogP contribution in [0, 0.1) is 50.2 Å². The first kappa shape index (κ1) is 28.7. The van der Waals surface area contributed by atoms with Gasteiger partial charge in [-0.2, -0.15) is 0 Å². The number of esters is 1. The SMILES string of the molecule is CCO[C@@H]1C=C2[C@@H]3CC(C)(C)CC[C@]3(C)CC[C@@]2(C)[C@]2(C)CC[C@H]3C(C)(C)[C@@H](OC(C)=O)C[C@@H](O)[C@]3(C)[C@@H]12. The molecule has 216 valence electrons. The maximum atomic E-state index is 12.0. The van der Waals surface area contributed by atoms with Gasteiger partial charge in [-0.3, -0.25) is 4.79 Å². The second kappa shape index (κ2) is 8.81. The van der Waals surface area contributed by atoms with Crippen LogP contribution in [0.1, 0.15) is 121 Å². The number of fused-ring (bicyclic) bond motifs is 7. The van der Waals surface area contributed by atoms with Gasteiger partial charge >= 0.3 is 5.97 Å². The zero-order valence-electron chi connectivity index (χ0n) is 26.1. The van der Waals surface area contributed by atoms with Gasteiger partial charge in [0, 0.05) is 36.7 Å². The first-order chi connectivity index (χ1) is 17.5. The van der Waals surface area contributed by atoms with E-state index in [9.17, 15) is 9.90 Å². The second-order valence-corrected chi connectivity index (χ2v) is 16.5. The highest BCUT2D eigenvalue weighted by atomic mass is 16.5. The van der Waals surface area contributed by atoms with Gasteiger partial charge in [0.1, 0.15) is 6.10 Å². The first-order valence-corrected chi connectivity index (χ1v) is 15.7. The van der Waals surface area contributed by atoms with Crippen LogP contribution in [0.15, 0.2) is 11.6 Å². The first-order valence-electron chi connectivity index (χ1n) is 15.7. The van der Waals surface area contributed by atoms with Gasteiger partial charge in [0.05, 0.1) is 12.2 Å².